The molecule has 3 aromatic rings. The lowest BCUT2D eigenvalue weighted by Crippen LogP contribution is -1.98. The van der Waals surface area contributed by atoms with E-state index in [1.54, 1.807) is 28.8 Å². The van der Waals surface area contributed by atoms with Gasteiger partial charge in [-0.25, -0.2) is 14.6 Å². The Labute approximate surface area is 142 Å². The molecule has 3 heterocycles. The van der Waals surface area contributed by atoms with Crippen LogP contribution in [0.2, 0.25) is 5.15 Å². The molecule has 0 fully saturated rings. The van der Waals surface area contributed by atoms with E-state index in [1.807, 2.05) is 13.2 Å². The maximum atomic E-state index is 6.08. The average molecular weight is 351 g/mol. The Hall–Kier alpha value is -1.93. The molecule has 23 heavy (non-hydrogen) atoms. The monoisotopic (exact) mass is 350 g/mol. The summed E-state index contributed by atoms with van der Waals surface area (Å²) in [6.45, 7) is 3.97. The summed E-state index contributed by atoms with van der Waals surface area (Å²) >= 11 is 7.78. The van der Waals surface area contributed by atoms with Crippen molar-refractivity contribution in [1.29, 1.82) is 0 Å². The molecule has 1 atom stereocenters. The van der Waals surface area contributed by atoms with Gasteiger partial charge >= 0.3 is 0 Å². The molecule has 0 spiro atoms. The van der Waals surface area contributed by atoms with E-state index in [-0.39, 0.29) is 5.25 Å². The zero-order valence-electron chi connectivity index (χ0n) is 12.9. The Morgan fingerprint density at radius 3 is 2.96 bits per heavy atom. The first-order valence-corrected chi connectivity index (χ1v) is 8.69. The van der Waals surface area contributed by atoms with Crippen molar-refractivity contribution in [3.05, 3.63) is 35.4 Å². The molecule has 0 bridgehead atoms. The fourth-order valence-electron chi connectivity index (χ4n) is 2.18. The van der Waals surface area contributed by atoms with Crippen molar-refractivity contribution >= 4 is 23.4 Å². The predicted molar refractivity (Wildman–Crippen MR) is 88.7 cm³/mol. The van der Waals surface area contributed by atoms with Crippen LogP contribution in [0.4, 0.5) is 0 Å². The van der Waals surface area contributed by atoms with Crippen molar-refractivity contribution in [2.24, 2.45) is 0 Å². The Kier molecular flexibility index (Phi) is 4.63. The van der Waals surface area contributed by atoms with Gasteiger partial charge in [0.15, 0.2) is 11.0 Å². The average Bonchev–Trinajstić information content (AvgIpc) is 3.16. The van der Waals surface area contributed by atoms with E-state index in [0.717, 1.165) is 17.7 Å². The van der Waals surface area contributed by atoms with Gasteiger partial charge in [-0.15, -0.1) is 0 Å². The molecular formula is C14H15ClN6OS. The quantitative estimate of drug-likeness (QED) is 0.651. The van der Waals surface area contributed by atoms with Crippen LogP contribution in [-0.4, -0.2) is 36.1 Å². The maximum absolute atomic E-state index is 6.08. The van der Waals surface area contributed by atoms with E-state index < -0.39 is 0 Å². The number of aryl methyl sites for hydroxylation is 1. The van der Waals surface area contributed by atoms with Crippen molar-refractivity contribution in [3.63, 3.8) is 0 Å². The van der Waals surface area contributed by atoms with Crippen LogP contribution >= 0.6 is 23.4 Å². The number of hydrogen-bond donors (Lipinski definition) is 0. The standard InChI is InChI=1S/C14H15ClN6OS/c1-4-11(23-3)13-18-14(22-20-13)9-6-21(19-8(9)2)10-5-16-7-17-12(10)15/h5-7,11H,4H2,1-3H3. The van der Waals surface area contributed by atoms with Crippen molar-refractivity contribution in [2.45, 2.75) is 25.5 Å². The van der Waals surface area contributed by atoms with Crippen molar-refractivity contribution in [1.82, 2.24) is 29.9 Å². The van der Waals surface area contributed by atoms with Crippen LogP contribution < -0.4 is 0 Å². The molecule has 7 nitrogen and oxygen atoms in total. The summed E-state index contributed by atoms with van der Waals surface area (Å²) in [5, 5.41) is 9.06. The second-order valence-corrected chi connectivity index (χ2v) is 6.26. The van der Waals surface area contributed by atoms with E-state index in [0.29, 0.717) is 22.6 Å². The van der Waals surface area contributed by atoms with Crippen LogP contribution in [0.25, 0.3) is 17.1 Å². The minimum atomic E-state index is 0.222. The first-order valence-electron chi connectivity index (χ1n) is 7.03. The molecule has 0 saturated carbocycles. The van der Waals surface area contributed by atoms with Gasteiger partial charge in [0.05, 0.1) is 22.7 Å². The molecule has 1 unspecified atom stereocenters. The molecule has 120 valence electrons. The first-order chi connectivity index (χ1) is 11.1. The maximum Gasteiger partial charge on any atom is 0.261 e. The Morgan fingerprint density at radius 2 is 2.26 bits per heavy atom. The summed E-state index contributed by atoms with van der Waals surface area (Å²) < 4.78 is 7.02. The fraction of sp³-hybridized carbons (Fsp3) is 0.357. The lowest BCUT2D eigenvalue weighted by atomic mass is 10.2. The van der Waals surface area contributed by atoms with Gasteiger partial charge in [-0.05, 0) is 19.6 Å². The molecule has 9 heteroatoms. The second kappa shape index (κ2) is 6.67. The van der Waals surface area contributed by atoms with Gasteiger partial charge < -0.3 is 4.52 Å². The van der Waals surface area contributed by atoms with E-state index in [4.69, 9.17) is 16.1 Å². The van der Waals surface area contributed by atoms with Crippen molar-refractivity contribution in [2.75, 3.05) is 6.26 Å². The summed E-state index contributed by atoms with van der Waals surface area (Å²) in [6.07, 6.45) is 7.75. The molecule has 0 aromatic carbocycles. The molecule has 0 radical (unpaired) electrons. The number of thioether (sulfide) groups is 1. The number of hydrogen-bond acceptors (Lipinski definition) is 7. The van der Waals surface area contributed by atoms with Gasteiger partial charge in [0.2, 0.25) is 0 Å². The molecule has 3 aromatic heterocycles. The highest BCUT2D eigenvalue weighted by molar-refractivity contribution is 7.98. The Balaban J connectivity index is 1.97. The fourth-order valence-corrected chi connectivity index (χ4v) is 3.00. The van der Waals surface area contributed by atoms with Crippen LogP contribution in [0, 0.1) is 6.92 Å². The minimum Gasteiger partial charge on any atom is -0.334 e. The van der Waals surface area contributed by atoms with Gasteiger partial charge in [0.1, 0.15) is 12.0 Å². The van der Waals surface area contributed by atoms with Crippen LogP contribution in [0.5, 0.6) is 0 Å². The minimum absolute atomic E-state index is 0.222. The summed E-state index contributed by atoms with van der Waals surface area (Å²) in [5.74, 6) is 1.15. The van der Waals surface area contributed by atoms with E-state index in [1.165, 1.54) is 6.33 Å². The van der Waals surface area contributed by atoms with Gasteiger partial charge in [-0.2, -0.15) is 21.8 Å². The highest BCUT2D eigenvalue weighted by Gasteiger charge is 2.20. The van der Waals surface area contributed by atoms with E-state index in [9.17, 15) is 0 Å². The van der Waals surface area contributed by atoms with Gasteiger partial charge in [0, 0.05) is 6.20 Å². The predicted octanol–water partition coefficient (Wildman–Crippen LogP) is 3.49. The normalized spacial score (nSPS) is 12.5. The third kappa shape index (κ3) is 3.09. The zero-order chi connectivity index (χ0) is 16.4. The number of rotatable bonds is 5. The van der Waals surface area contributed by atoms with Gasteiger partial charge in [-0.3, -0.25) is 0 Å². The Bertz CT molecular complexity index is 813. The first kappa shape index (κ1) is 15.9. The summed E-state index contributed by atoms with van der Waals surface area (Å²) in [5.41, 5.74) is 2.12. The molecular weight excluding hydrogens is 336 g/mol. The Morgan fingerprint density at radius 1 is 1.43 bits per heavy atom. The topological polar surface area (TPSA) is 82.5 Å². The number of aromatic nitrogens is 6. The second-order valence-electron chi connectivity index (χ2n) is 4.86. The highest BCUT2D eigenvalue weighted by Crippen LogP contribution is 2.30. The summed E-state index contributed by atoms with van der Waals surface area (Å²) in [4.78, 5) is 12.4. The largest absolute Gasteiger partial charge is 0.334 e. The van der Waals surface area contributed by atoms with Crippen LogP contribution in [0.3, 0.4) is 0 Å². The molecule has 0 N–H and O–H groups in total. The van der Waals surface area contributed by atoms with Crippen LogP contribution in [0.15, 0.2) is 23.2 Å². The van der Waals surface area contributed by atoms with Gasteiger partial charge in [0.25, 0.3) is 5.89 Å². The van der Waals surface area contributed by atoms with E-state index in [2.05, 4.69) is 32.1 Å². The SMILES string of the molecule is CCC(SC)c1noc(-c2cn(-c3cncnc3Cl)nc2C)n1. The van der Waals surface area contributed by atoms with Crippen LogP contribution in [-0.2, 0) is 0 Å². The third-order valence-electron chi connectivity index (χ3n) is 3.41. The zero-order valence-corrected chi connectivity index (χ0v) is 14.5. The third-order valence-corrected chi connectivity index (χ3v) is 4.81. The van der Waals surface area contributed by atoms with Crippen LogP contribution in [0.1, 0.15) is 30.1 Å². The molecule has 0 aliphatic heterocycles. The summed E-state index contributed by atoms with van der Waals surface area (Å²) in [6, 6.07) is 0. The van der Waals surface area contributed by atoms with Gasteiger partial charge in [-0.1, -0.05) is 23.7 Å². The molecule has 3 rings (SSSR count). The molecule has 0 aliphatic rings. The van der Waals surface area contributed by atoms with Crippen molar-refractivity contribution in [3.8, 4) is 17.1 Å². The molecule has 0 amide bonds. The van der Waals surface area contributed by atoms with Crippen molar-refractivity contribution < 1.29 is 4.52 Å². The smallest absolute Gasteiger partial charge is 0.261 e. The molecule has 0 aliphatic carbocycles. The summed E-state index contributed by atoms with van der Waals surface area (Å²) in [7, 11) is 0. The highest BCUT2D eigenvalue weighted by atomic mass is 35.5. The molecule has 0 saturated heterocycles. The number of nitrogens with zero attached hydrogens (tertiary/aromatic N) is 6. The van der Waals surface area contributed by atoms with E-state index >= 15 is 0 Å². The lowest BCUT2D eigenvalue weighted by molar-refractivity contribution is 0.421. The number of halogens is 1. The lowest BCUT2D eigenvalue weighted by Gasteiger charge is -2.04.